The summed E-state index contributed by atoms with van der Waals surface area (Å²) in [6.07, 6.45) is -3.92. The van der Waals surface area contributed by atoms with Crippen LogP contribution < -0.4 is 16.0 Å². The summed E-state index contributed by atoms with van der Waals surface area (Å²) in [6, 6.07) is 7.64. The predicted molar refractivity (Wildman–Crippen MR) is 159 cm³/mol. The van der Waals surface area contributed by atoms with Gasteiger partial charge in [0.2, 0.25) is 11.8 Å². The van der Waals surface area contributed by atoms with Crippen LogP contribution in [0.3, 0.4) is 0 Å². The summed E-state index contributed by atoms with van der Waals surface area (Å²) in [7, 11) is 0. The van der Waals surface area contributed by atoms with Gasteiger partial charge in [-0.25, -0.2) is 13.2 Å². The molecule has 1 aliphatic carbocycles. The quantitative estimate of drug-likeness (QED) is 0.172. The summed E-state index contributed by atoms with van der Waals surface area (Å²) in [5.74, 6) is -9.26. The van der Waals surface area contributed by atoms with Crippen LogP contribution in [0.2, 0.25) is 5.02 Å². The van der Waals surface area contributed by atoms with E-state index in [0.29, 0.717) is 31.6 Å². The number of nitrogens with one attached hydrogen (secondary N) is 3. The van der Waals surface area contributed by atoms with Crippen LogP contribution in [0.1, 0.15) is 40.2 Å². The van der Waals surface area contributed by atoms with E-state index in [1.165, 1.54) is 12.1 Å². The summed E-state index contributed by atoms with van der Waals surface area (Å²) in [5.41, 5.74) is -3.17. The van der Waals surface area contributed by atoms with E-state index in [2.05, 4.69) is 16.0 Å². The minimum Gasteiger partial charge on any atom is -0.381 e. The number of carbonyl (C=O) groups is 3. The first-order valence-electron chi connectivity index (χ1n) is 13.6. The van der Waals surface area contributed by atoms with Crippen molar-refractivity contribution in [2.24, 2.45) is 11.8 Å². The molecule has 3 N–H and O–H groups in total. The van der Waals surface area contributed by atoms with Gasteiger partial charge in [-0.05, 0) is 60.9 Å². The molecular weight excluding hydrogens is 687 g/mol. The Morgan fingerprint density at radius 3 is 2.28 bits per heavy atom. The van der Waals surface area contributed by atoms with Gasteiger partial charge in [0, 0.05) is 18.2 Å². The topological polar surface area (TPSA) is 96.5 Å². The Morgan fingerprint density at radius 1 is 0.891 bits per heavy atom. The van der Waals surface area contributed by atoms with Crippen LogP contribution in [0.5, 0.6) is 0 Å². The highest BCUT2D eigenvalue weighted by Crippen LogP contribution is 2.65. The fraction of sp³-hybridized carbons (Fsp3) is 0.300. The monoisotopic (exact) mass is 707 g/mol. The number of amides is 3. The van der Waals surface area contributed by atoms with Crippen molar-refractivity contribution < 1.29 is 45.5 Å². The van der Waals surface area contributed by atoms with Gasteiger partial charge in [-0.15, -0.1) is 23.2 Å². The molecule has 1 aliphatic heterocycles. The standard InChI is InChI=1S/C30H22Cl3F6N3O4/c31-18-5-4-15(40-28(45)23-22(29(23,32)33)13-3-6-19(34)17(10-13)30(37,38)39)11-16(18)27(44)41-21-8-7-20(35)25(24(21)36)42-26(43)14-2-1-9-46-12-14/h3-8,10-11,14,22-23H,1-2,9,12H2,(H,40,45)(H,41,44)(H,42,43)/t14?,22-,23+/m0/s1. The number of rotatable bonds is 7. The van der Waals surface area contributed by atoms with Crippen molar-refractivity contribution in [1.82, 2.24) is 0 Å². The fourth-order valence-electron chi connectivity index (χ4n) is 5.14. The molecule has 16 heteroatoms. The lowest BCUT2D eigenvalue weighted by Gasteiger charge is -2.21. The van der Waals surface area contributed by atoms with Crippen LogP contribution in [0, 0.1) is 29.3 Å². The van der Waals surface area contributed by atoms with Crippen molar-refractivity contribution in [2.75, 3.05) is 29.2 Å². The zero-order chi connectivity index (χ0) is 33.6. The molecule has 3 aromatic rings. The summed E-state index contributed by atoms with van der Waals surface area (Å²) in [6.45, 7) is 0.575. The number of hydrogen-bond acceptors (Lipinski definition) is 4. The zero-order valence-electron chi connectivity index (χ0n) is 23.2. The lowest BCUT2D eigenvalue weighted by molar-refractivity contribution is -0.140. The molecule has 7 nitrogen and oxygen atoms in total. The van der Waals surface area contributed by atoms with Crippen LogP contribution in [0.15, 0.2) is 48.5 Å². The van der Waals surface area contributed by atoms with Gasteiger partial charge < -0.3 is 20.7 Å². The van der Waals surface area contributed by atoms with Crippen molar-refractivity contribution in [3.8, 4) is 0 Å². The number of alkyl halides is 5. The molecule has 3 atom stereocenters. The van der Waals surface area contributed by atoms with Crippen LogP contribution in [-0.4, -0.2) is 35.3 Å². The van der Waals surface area contributed by atoms with Gasteiger partial charge in [-0.2, -0.15) is 13.2 Å². The number of hydrogen-bond donors (Lipinski definition) is 3. The van der Waals surface area contributed by atoms with Crippen LogP contribution in [0.25, 0.3) is 0 Å². The average Bonchev–Trinajstić information content (AvgIpc) is 3.59. The number of benzene rings is 3. The summed E-state index contributed by atoms with van der Waals surface area (Å²) >= 11 is 18.6. The molecule has 0 aromatic heterocycles. The molecule has 0 spiro atoms. The van der Waals surface area contributed by atoms with E-state index in [4.69, 9.17) is 39.5 Å². The Hall–Kier alpha value is -3.52. The molecule has 1 saturated carbocycles. The third-order valence-electron chi connectivity index (χ3n) is 7.59. The van der Waals surface area contributed by atoms with Gasteiger partial charge in [0.25, 0.3) is 5.91 Å². The SMILES string of the molecule is O=C(Nc1ccc(F)c(NC(=O)C2CCCOC2)c1F)c1cc(NC(=O)[C@H]2[C@H](c3ccc(F)c(C(F)(F)F)c3)C2(Cl)Cl)ccc1Cl. The second kappa shape index (κ2) is 12.9. The highest BCUT2D eigenvalue weighted by molar-refractivity contribution is 6.53. The Labute approximate surface area is 272 Å². The lowest BCUT2D eigenvalue weighted by atomic mass is 10.0. The molecule has 1 heterocycles. The minimum atomic E-state index is -5.00. The van der Waals surface area contributed by atoms with Crippen LogP contribution >= 0.6 is 34.8 Å². The highest BCUT2D eigenvalue weighted by Gasteiger charge is 2.67. The zero-order valence-corrected chi connectivity index (χ0v) is 25.5. The van der Waals surface area contributed by atoms with E-state index >= 15 is 4.39 Å². The number of carbonyl (C=O) groups excluding carboxylic acids is 3. The first kappa shape index (κ1) is 33.8. The number of halogens is 9. The molecule has 1 unspecified atom stereocenters. The molecule has 2 fully saturated rings. The average molecular weight is 709 g/mol. The Balaban J connectivity index is 1.30. The van der Waals surface area contributed by atoms with Gasteiger partial charge in [-0.3, -0.25) is 14.4 Å². The molecule has 46 heavy (non-hydrogen) atoms. The van der Waals surface area contributed by atoms with Gasteiger partial charge in [0.15, 0.2) is 5.82 Å². The van der Waals surface area contributed by atoms with Gasteiger partial charge in [0.1, 0.15) is 21.7 Å². The normalized spacial score (nSPS) is 20.5. The highest BCUT2D eigenvalue weighted by atomic mass is 35.5. The Morgan fingerprint density at radius 2 is 1.61 bits per heavy atom. The first-order valence-corrected chi connectivity index (χ1v) is 14.8. The second-order valence-electron chi connectivity index (χ2n) is 10.7. The molecule has 0 bridgehead atoms. The summed E-state index contributed by atoms with van der Waals surface area (Å²) in [5, 5.41) is 6.79. The van der Waals surface area contributed by atoms with E-state index in [1.807, 2.05) is 0 Å². The Kier molecular flexibility index (Phi) is 9.52. The largest absolute Gasteiger partial charge is 0.419 e. The van der Waals surface area contributed by atoms with Crippen molar-refractivity contribution in [2.45, 2.75) is 29.3 Å². The summed E-state index contributed by atoms with van der Waals surface area (Å²) < 4.78 is 86.5. The molecule has 0 radical (unpaired) electrons. The third kappa shape index (κ3) is 6.92. The predicted octanol–water partition coefficient (Wildman–Crippen LogP) is 7.92. The van der Waals surface area contributed by atoms with E-state index in [9.17, 15) is 36.3 Å². The van der Waals surface area contributed by atoms with Crippen molar-refractivity contribution in [3.05, 3.63) is 87.7 Å². The van der Waals surface area contributed by atoms with Crippen molar-refractivity contribution in [3.63, 3.8) is 0 Å². The first-order chi connectivity index (χ1) is 21.6. The van der Waals surface area contributed by atoms with Crippen molar-refractivity contribution >= 4 is 69.6 Å². The number of ether oxygens (including phenoxy) is 1. The van der Waals surface area contributed by atoms with Gasteiger partial charge >= 0.3 is 6.18 Å². The molecule has 5 rings (SSSR count). The van der Waals surface area contributed by atoms with Gasteiger partial charge in [-0.1, -0.05) is 17.7 Å². The maximum Gasteiger partial charge on any atom is 0.419 e. The number of anilines is 3. The van der Waals surface area contributed by atoms with Crippen LogP contribution in [-0.2, 0) is 20.5 Å². The maximum absolute atomic E-state index is 15.2. The van der Waals surface area contributed by atoms with E-state index in [0.717, 1.165) is 24.3 Å². The molecule has 3 amide bonds. The van der Waals surface area contributed by atoms with Crippen molar-refractivity contribution in [1.29, 1.82) is 0 Å². The lowest BCUT2D eigenvalue weighted by Crippen LogP contribution is -2.30. The van der Waals surface area contributed by atoms with E-state index in [-0.39, 0.29) is 28.4 Å². The maximum atomic E-state index is 15.2. The molecule has 2 aliphatic rings. The van der Waals surface area contributed by atoms with Gasteiger partial charge in [0.05, 0.1) is 40.3 Å². The second-order valence-corrected chi connectivity index (χ2v) is 12.5. The van der Waals surface area contributed by atoms with E-state index in [1.54, 1.807) is 0 Å². The molecule has 244 valence electrons. The van der Waals surface area contributed by atoms with Crippen LogP contribution in [0.4, 0.5) is 43.4 Å². The smallest absolute Gasteiger partial charge is 0.381 e. The Bertz CT molecular complexity index is 1720. The molecule has 3 aromatic carbocycles. The molecule has 1 saturated heterocycles. The molecular formula is C30H22Cl3F6N3O4. The van der Waals surface area contributed by atoms with E-state index < -0.39 is 80.4 Å². The third-order valence-corrected chi connectivity index (χ3v) is 8.86. The minimum absolute atomic E-state index is 0.00773. The fourth-order valence-corrected chi connectivity index (χ4v) is 6.18. The summed E-state index contributed by atoms with van der Waals surface area (Å²) in [4.78, 5) is 38.7.